The van der Waals surface area contributed by atoms with Gasteiger partial charge in [-0.05, 0) is 41.4 Å². The summed E-state index contributed by atoms with van der Waals surface area (Å²) in [5.74, 6) is 1.70. The van der Waals surface area contributed by atoms with Gasteiger partial charge in [0.25, 0.3) is 0 Å². The monoisotopic (exact) mass is 270 g/mol. The van der Waals surface area contributed by atoms with Gasteiger partial charge >= 0.3 is 0 Å². The fraction of sp³-hybridized carbons (Fsp3) is 0.600. The van der Waals surface area contributed by atoms with Crippen LogP contribution in [0.5, 0.6) is 0 Å². The van der Waals surface area contributed by atoms with Crippen LogP contribution in [0.25, 0.3) is 0 Å². The first-order valence-electron chi connectivity index (χ1n) is 5.14. The summed E-state index contributed by atoms with van der Waals surface area (Å²) in [5.41, 5.74) is 0. The molecule has 5 heteroatoms. The van der Waals surface area contributed by atoms with Gasteiger partial charge in [-0.2, -0.15) is 0 Å². The molecule has 1 aromatic rings. The summed E-state index contributed by atoms with van der Waals surface area (Å²) in [6.07, 6.45) is 4.63. The van der Waals surface area contributed by atoms with E-state index in [9.17, 15) is 0 Å². The fourth-order valence-electron chi connectivity index (χ4n) is 1.93. The van der Waals surface area contributed by atoms with Crippen LogP contribution in [0.1, 0.15) is 6.42 Å². The van der Waals surface area contributed by atoms with Crippen molar-refractivity contribution in [3.8, 4) is 0 Å². The zero-order valence-corrected chi connectivity index (χ0v) is 10.4. The lowest BCUT2D eigenvalue weighted by atomic mass is 10.1. The number of anilines is 1. The fourth-order valence-corrected chi connectivity index (χ4v) is 2.45. The van der Waals surface area contributed by atoms with E-state index >= 15 is 0 Å². The highest BCUT2D eigenvalue weighted by Crippen LogP contribution is 2.22. The summed E-state index contributed by atoms with van der Waals surface area (Å²) in [7, 11) is 2.07. The summed E-state index contributed by atoms with van der Waals surface area (Å²) < 4.78 is 0.957. The first kappa shape index (κ1) is 10.8. The second-order valence-corrected chi connectivity index (χ2v) is 4.79. The Morgan fingerprint density at radius 2 is 2.53 bits per heavy atom. The van der Waals surface area contributed by atoms with Crippen LogP contribution < -0.4 is 10.2 Å². The van der Waals surface area contributed by atoms with Gasteiger partial charge in [0.2, 0.25) is 0 Å². The maximum absolute atomic E-state index is 4.27. The predicted octanol–water partition coefficient (Wildman–Crippen LogP) is 1.28. The molecular formula is C10H15BrN4. The van der Waals surface area contributed by atoms with E-state index < -0.39 is 0 Å². The molecule has 0 spiro atoms. The lowest BCUT2D eigenvalue weighted by molar-refractivity contribution is 0.575. The Labute approximate surface area is 98.2 Å². The van der Waals surface area contributed by atoms with Crippen molar-refractivity contribution in [2.24, 2.45) is 5.92 Å². The van der Waals surface area contributed by atoms with E-state index in [4.69, 9.17) is 0 Å². The first-order valence-corrected chi connectivity index (χ1v) is 5.94. The van der Waals surface area contributed by atoms with Crippen LogP contribution in [0.15, 0.2) is 17.0 Å². The average molecular weight is 271 g/mol. The summed E-state index contributed by atoms with van der Waals surface area (Å²) in [6.45, 7) is 3.30. The lowest BCUT2D eigenvalue weighted by Gasteiger charge is -2.22. The number of hydrogen-bond acceptors (Lipinski definition) is 4. The molecule has 1 saturated heterocycles. The van der Waals surface area contributed by atoms with Gasteiger partial charge < -0.3 is 10.2 Å². The van der Waals surface area contributed by atoms with Gasteiger partial charge in [0.05, 0.1) is 4.47 Å². The molecule has 1 aliphatic rings. The SMILES string of the molecule is CN(CC1CCNC1)c1ncncc1Br. The Hall–Kier alpha value is -0.680. The van der Waals surface area contributed by atoms with Gasteiger partial charge in [0.15, 0.2) is 0 Å². The Kier molecular flexibility index (Phi) is 3.53. The summed E-state index contributed by atoms with van der Waals surface area (Å²) in [6, 6.07) is 0. The summed E-state index contributed by atoms with van der Waals surface area (Å²) >= 11 is 3.46. The molecule has 0 saturated carbocycles. The number of halogens is 1. The molecule has 0 amide bonds. The third-order valence-corrected chi connectivity index (χ3v) is 3.26. The first-order chi connectivity index (χ1) is 7.27. The molecule has 0 bridgehead atoms. The van der Waals surface area contributed by atoms with E-state index in [2.05, 4.69) is 43.2 Å². The smallest absolute Gasteiger partial charge is 0.146 e. The number of nitrogens with zero attached hydrogens (tertiary/aromatic N) is 3. The van der Waals surface area contributed by atoms with Gasteiger partial charge in [-0.15, -0.1) is 0 Å². The van der Waals surface area contributed by atoms with Crippen LogP contribution >= 0.6 is 15.9 Å². The Morgan fingerprint density at radius 3 is 3.20 bits per heavy atom. The molecule has 1 aromatic heterocycles. The third kappa shape index (κ3) is 2.66. The van der Waals surface area contributed by atoms with E-state index in [0.717, 1.165) is 35.8 Å². The van der Waals surface area contributed by atoms with E-state index in [1.54, 1.807) is 12.5 Å². The summed E-state index contributed by atoms with van der Waals surface area (Å²) in [4.78, 5) is 10.4. The molecule has 4 nitrogen and oxygen atoms in total. The number of nitrogens with one attached hydrogen (secondary N) is 1. The topological polar surface area (TPSA) is 41.0 Å². The summed E-state index contributed by atoms with van der Waals surface area (Å²) in [5, 5.41) is 3.37. The van der Waals surface area contributed by atoms with Crippen molar-refractivity contribution < 1.29 is 0 Å². The van der Waals surface area contributed by atoms with Crippen molar-refractivity contribution in [2.75, 3.05) is 31.6 Å². The van der Waals surface area contributed by atoms with Crippen molar-refractivity contribution in [3.63, 3.8) is 0 Å². The number of rotatable bonds is 3. The molecule has 1 unspecified atom stereocenters. The number of hydrogen-bond donors (Lipinski definition) is 1. The highest BCUT2D eigenvalue weighted by molar-refractivity contribution is 9.10. The lowest BCUT2D eigenvalue weighted by Crippen LogP contribution is -2.27. The van der Waals surface area contributed by atoms with Gasteiger partial charge in [0.1, 0.15) is 12.1 Å². The molecule has 2 rings (SSSR count). The van der Waals surface area contributed by atoms with Crippen molar-refractivity contribution in [3.05, 3.63) is 17.0 Å². The maximum atomic E-state index is 4.27. The average Bonchev–Trinajstić information content (AvgIpc) is 2.71. The molecule has 1 atom stereocenters. The largest absolute Gasteiger partial charge is 0.358 e. The maximum Gasteiger partial charge on any atom is 0.146 e. The van der Waals surface area contributed by atoms with Crippen LogP contribution in [-0.2, 0) is 0 Å². The minimum atomic E-state index is 0.733. The number of aromatic nitrogens is 2. The molecule has 0 aromatic carbocycles. The molecule has 0 radical (unpaired) electrons. The van der Waals surface area contributed by atoms with Crippen LogP contribution in [-0.4, -0.2) is 36.6 Å². The standard InChI is InChI=1S/C10H15BrN4/c1-15(6-8-2-3-12-4-8)10-9(11)5-13-7-14-10/h5,7-8,12H,2-4,6H2,1H3. The predicted molar refractivity (Wildman–Crippen MR) is 64.0 cm³/mol. The van der Waals surface area contributed by atoms with Gasteiger partial charge in [-0.25, -0.2) is 9.97 Å². The van der Waals surface area contributed by atoms with E-state index in [0.29, 0.717) is 0 Å². The second-order valence-electron chi connectivity index (χ2n) is 3.93. The Balaban J connectivity index is 2.00. The zero-order valence-electron chi connectivity index (χ0n) is 8.78. The minimum absolute atomic E-state index is 0.733. The Morgan fingerprint density at radius 1 is 1.67 bits per heavy atom. The minimum Gasteiger partial charge on any atom is -0.358 e. The van der Waals surface area contributed by atoms with E-state index in [1.165, 1.54) is 6.42 Å². The van der Waals surface area contributed by atoms with E-state index in [-0.39, 0.29) is 0 Å². The van der Waals surface area contributed by atoms with Crippen LogP contribution in [0, 0.1) is 5.92 Å². The molecule has 2 heterocycles. The molecule has 15 heavy (non-hydrogen) atoms. The van der Waals surface area contributed by atoms with Crippen molar-refractivity contribution >= 4 is 21.7 Å². The van der Waals surface area contributed by atoms with Gasteiger partial charge in [0, 0.05) is 19.8 Å². The van der Waals surface area contributed by atoms with E-state index in [1.807, 2.05) is 0 Å². The second kappa shape index (κ2) is 4.90. The van der Waals surface area contributed by atoms with Crippen molar-refractivity contribution in [1.29, 1.82) is 0 Å². The van der Waals surface area contributed by atoms with Gasteiger partial charge in [-0.1, -0.05) is 0 Å². The zero-order chi connectivity index (χ0) is 10.7. The van der Waals surface area contributed by atoms with Crippen LogP contribution in [0.3, 0.4) is 0 Å². The normalized spacial score (nSPS) is 20.5. The van der Waals surface area contributed by atoms with Crippen LogP contribution in [0.2, 0.25) is 0 Å². The quantitative estimate of drug-likeness (QED) is 0.899. The molecule has 1 N–H and O–H groups in total. The highest BCUT2D eigenvalue weighted by atomic mass is 79.9. The van der Waals surface area contributed by atoms with Crippen molar-refractivity contribution in [1.82, 2.24) is 15.3 Å². The molecule has 1 aliphatic heterocycles. The van der Waals surface area contributed by atoms with Crippen molar-refractivity contribution in [2.45, 2.75) is 6.42 Å². The molecule has 1 fully saturated rings. The highest BCUT2D eigenvalue weighted by Gasteiger charge is 2.17. The van der Waals surface area contributed by atoms with Gasteiger partial charge in [-0.3, -0.25) is 0 Å². The molecule has 82 valence electrons. The Bertz CT molecular complexity index is 325. The third-order valence-electron chi connectivity index (χ3n) is 2.70. The van der Waals surface area contributed by atoms with Crippen LogP contribution in [0.4, 0.5) is 5.82 Å². The molecular weight excluding hydrogens is 256 g/mol. The molecule has 0 aliphatic carbocycles.